The number of carbonyl (C=O) groups excluding carboxylic acids is 1. The summed E-state index contributed by atoms with van der Waals surface area (Å²) in [4.78, 5) is 18.1. The van der Waals surface area contributed by atoms with Crippen molar-refractivity contribution in [3.8, 4) is 17.3 Å². The van der Waals surface area contributed by atoms with Gasteiger partial charge >= 0.3 is 0 Å². The minimum absolute atomic E-state index is 0.0837. The molecule has 0 atom stereocenters. The Morgan fingerprint density at radius 3 is 2.83 bits per heavy atom. The Kier molecular flexibility index (Phi) is 4.25. The molecule has 0 radical (unpaired) electrons. The lowest BCUT2D eigenvalue weighted by atomic mass is 10.1. The summed E-state index contributed by atoms with van der Waals surface area (Å²) in [5.74, 6) is 0.0837. The SMILES string of the molecule is CCC(=O)N(CC)c1cccc(-c2ccnc3cc(C#N)nn23)c1. The number of hydrogen-bond donors (Lipinski definition) is 0. The Hall–Kier alpha value is -3.20. The Bertz CT molecular complexity index is 938. The number of fused-ring (bicyclic) bond motifs is 1. The van der Waals surface area contributed by atoms with E-state index in [9.17, 15) is 4.79 Å². The largest absolute Gasteiger partial charge is 0.313 e. The first-order valence-corrected chi connectivity index (χ1v) is 7.83. The van der Waals surface area contributed by atoms with E-state index in [1.54, 1.807) is 21.7 Å². The molecule has 0 N–H and O–H groups in total. The molecule has 0 saturated carbocycles. The minimum Gasteiger partial charge on any atom is -0.313 e. The summed E-state index contributed by atoms with van der Waals surface area (Å²) in [5, 5.41) is 13.3. The molecular weight excluding hydrogens is 302 g/mol. The van der Waals surface area contributed by atoms with Crippen molar-refractivity contribution < 1.29 is 4.79 Å². The fourth-order valence-corrected chi connectivity index (χ4v) is 2.70. The molecule has 1 aromatic carbocycles. The van der Waals surface area contributed by atoms with E-state index >= 15 is 0 Å². The molecule has 3 aromatic rings. The van der Waals surface area contributed by atoms with Gasteiger partial charge in [0.2, 0.25) is 5.91 Å². The number of amides is 1. The summed E-state index contributed by atoms with van der Waals surface area (Å²) in [7, 11) is 0. The van der Waals surface area contributed by atoms with Crippen LogP contribution in [-0.4, -0.2) is 27.0 Å². The highest BCUT2D eigenvalue weighted by molar-refractivity contribution is 5.93. The quantitative estimate of drug-likeness (QED) is 0.741. The standard InChI is InChI=1S/C18H17N5O/c1-3-18(24)22(4-2)15-7-5-6-13(10-15)16-8-9-20-17-11-14(12-19)21-23(16)17/h5-11H,3-4H2,1-2H3. The van der Waals surface area contributed by atoms with Crippen LogP contribution in [0, 0.1) is 11.3 Å². The topological polar surface area (TPSA) is 74.3 Å². The minimum atomic E-state index is 0.0837. The smallest absolute Gasteiger partial charge is 0.226 e. The third-order valence-corrected chi connectivity index (χ3v) is 3.85. The predicted molar refractivity (Wildman–Crippen MR) is 91.5 cm³/mol. The van der Waals surface area contributed by atoms with E-state index < -0.39 is 0 Å². The van der Waals surface area contributed by atoms with Gasteiger partial charge in [-0.25, -0.2) is 9.50 Å². The first kappa shape index (κ1) is 15.7. The van der Waals surface area contributed by atoms with E-state index in [1.807, 2.05) is 50.2 Å². The van der Waals surface area contributed by atoms with Gasteiger partial charge in [0.15, 0.2) is 11.3 Å². The third kappa shape index (κ3) is 2.72. The molecule has 24 heavy (non-hydrogen) atoms. The van der Waals surface area contributed by atoms with Crippen LogP contribution in [0.5, 0.6) is 0 Å². The van der Waals surface area contributed by atoms with Crippen molar-refractivity contribution in [3.63, 3.8) is 0 Å². The zero-order valence-corrected chi connectivity index (χ0v) is 13.6. The zero-order chi connectivity index (χ0) is 17.1. The number of anilines is 1. The number of nitriles is 1. The fourth-order valence-electron chi connectivity index (χ4n) is 2.70. The van der Waals surface area contributed by atoms with Crippen molar-refractivity contribution in [1.29, 1.82) is 5.26 Å². The Morgan fingerprint density at radius 2 is 2.12 bits per heavy atom. The highest BCUT2D eigenvalue weighted by Crippen LogP contribution is 2.25. The number of rotatable bonds is 4. The summed E-state index contributed by atoms with van der Waals surface area (Å²) in [6.45, 7) is 4.42. The number of aromatic nitrogens is 3. The van der Waals surface area contributed by atoms with Crippen LogP contribution in [0.2, 0.25) is 0 Å². The lowest BCUT2D eigenvalue weighted by Crippen LogP contribution is -2.29. The molecule has 0 fully saturated rings. The van der Waals surface area contributed by atoms with E-state index in [0.29, 0.717) is 24.3 Å². The van der Waals surface area contributed by atoms with Gasteiger partial charge in [-0.2, -0.15) is 10.4 Å². The van der Waals surface area contributed by atoms with Crippen molar-refractivity contribution in [3.05, 3.63) is 48.3 Å². The first-order chi connectivity index (χ1) is 11.7. The van der Waals surface area contributed by atoms with Crippen LogP contribution in [0.1, 0.15) is 26.0 Å². The summed E-state index contributed by atoms with van der Waals surface area (Å²) in [6, 6.07) is 13.3. The van der Waals surface area contributed by atoms with E-state index in [4.69, 9.17) is 5.26 Å². The van der Waals surface area contributed by atoms with Crippen molar-refractivity contribution in [2.75, 3.05) is 11.4 Å². The molecule has 6 heteroatoms. The number of nitrogens with zero attached hydrogens (tertiary/aromatic N) is 5. The third-order valence-electron chi connectivity index (χ3n) is 3.85. The number of hydrogen-bond acceptors (Lipinski definition) is 4. The van der Waals surface area contributed by atoms with Crippen LogP contribution in [0.15, 0.2) is 42.6 Å². The van der Waals surface area contributed by atoms with Crippen LogP contribution < -0.4 is 4.90 Å². The maximum atomic E-state index is 12.1. The van der Waals surface area contributed by atoms with Crippen LogP contribution in [0.4, 0.5) is 5.69 Å². The zero-order valence-electron chi connectivity index (χ0n) is 13.6. The second-order valence-electron chi connectivity index (χ2n) is 5.28. The van der Waals surface area contributed by atoms with E-state index in [0.717, 1.165) is 16.9 Å². The van der Waals surface area contributed by atoms with Crippen molar-refractivity contribution >= 4 is 17.2 Å². The lowest BCUT2D eigenvalue weighted by molar-refractivity contribution is -0.118. The van der Waals surface area contributed by atoms with Gasteiger partial charge in [-0.1, -0.05) is 19.1 Å². The van der Waals surface area contributed by atoms with Crippen molar-refractivity contribution in [2.24, 2.45) is 0 Å². The maximum absolute atomic E-state index is 12.1. The summed E-state index contributed by atoms with van der Waals surface area (Å²) in [6.07, 6.45) is 2.15. The van der Waals surface area contributed by atoms with Crippen molar-refractivity contribution in [2.45, 2.75) is 20.3 Å². The van der Waals surface area contributed by atoms with Gasteiger partial charge in [0.05, 0.1) is 5.69 Å². The predicted octanol–water partition coefficient (Wildman–Crippen LogP) is 3.03. The van der Waals surface area contributed by atoms with Crippen LogP contribution in [-0.2, 0) is 4.79 Å². The molecule has 0 saturated heterocycles. The number of benzene rings is 1. The second kappa shape index (κ2) is 6.50. The monoisotopic (exact) mass is 319 g/mol. The molecule has 1 amide bonds. The molecule has 0 unspecified atom stereocenters. The molecule has 0 spiro atoms. The van der Waals surface area contributed by atoms with Gasteiger partial charge < -0.3 is 4.90 Å². The van der Waals surface area contributed by atoms with Crippen LogP contribution >= 0.6 is 0 Å². The summed E-state index contributed by atoms with van der Waals surface area (Å²) >= 11 is 0. The Balaban J connectivity index is 2.11. The van der Waals surface area contributed by atoms with Gasteiger partial charge in [0.1, 0.15) is 6.07 Å². The fraction of sp³-hybridized carbons (Fsp3) is 0.222. The maximum Gasteiger partial charge on any atom is 0.226 e. The van der Waals surface area contributed by atoms with Gasteiger partial charge in [-0.15, -0.1) is 0 Å². The summed E-state index contributed by atoms with van der Waals surface area (Å²) in [5.41, 5.74) is 3.52. The van der Waals surface area contributed by atoms with E-state index in [2.05, 4.69) is 10.1 Å². The molecule has 120 valence electrons. The molecule has 0 aliphatic rings. The van der Waals surface area contributed by atoms with Gasteiger partial charge in [0.25, 0.3) is 0 Å². The van der Waals surface area contributed by atoms with Crippen LogP contribution in [0.3, 0.4) is 0 Å². The molecule has 0 aliphatic heterocycles. The molecule has 0 aliphatic carbocycles. The van der Waals surface area contributed by atoms with Crippen molar-refractivity contribution in [1.82, 2.24) is 14.6 Å². The highest BCUT2D eigenvalue weighted by Gasteiger charge is 2.14. The first-order valence-electron chi connectivity index (χ1n) is 7.83. The normalized spacial score (nSPS) is 10.5. The molecule has 2 aromatic heterocycles. The molecule has 0 bridgehead atoms. The Morgan fingerprint density at radius 1 is 1.29 bits per heavy atom. The lowest BCUT2D eigenvalue weighted by Gasteiger charge is -2.21. The molecule has 6 nitrogen and oxygen atoms in total. The number of carbonyl (C=O) groups is 1. The van der Waals surface area contributed by atoms with Gasteiger partial charge in [0, 0.05) is 36.5 Å². The van der Waals surface area contributed by atoms with Gasteiger partial charge in [-0.3, -0.25) is 4.79 Å². The molecule has 2 heterocycles. The van der Waals surface area contributed by atoms with Gasteiger partial charge in [-0.05, 0) is 25.1 Å². The summed E-state index contributed by atoms with van der Waals surface area (Å²) < 4.78 is 1.65. The van der Waals surface area contributed by atoms with E-state index in [-0.39, 0.29) is 5.91 Å². The second-order valence-corrected chi connectivity index (χ2v) is 5.28. The molecule has 3 rings (SSSR count). The molecular formula is C18H17N5O. The van der Waals surface area contributed by atoms with Crippen LogP contribution in [0.25, 0.3) is 16.9 Å². The van der Waals surface area contributed by atoms with E-state index in [1.165, 1.54) is 0 Å². The average Bonchev–Trinajstić information content (AvgIpc) is 3.05. The highest BCUT2D eigenvalue weighted by atomic mass is 16.2. The average molecular weight is 319 g/mol. The Labute approximate surface area is 140 Å².